The summed E-state index contributed by atoms with van der Waals surface area (Å²) < 4.78 is 257. The number of hydrogen-bond donors (Lipinski definition) is 0. The molecule has 37 heavy (non-hydrogen) atoms. The monoisotopic (exact) mass is 614 g/mol. The van der Waals surface area contributed by atoms with E-state index in [0.717, 1.165) is 0 Å². The third-order valence-electron chi connectivity index (χ3n) is 5.05. The van der Waals surface area contributed by atoms with Crippen LogP contribution in [0, 0.1) is 0 Å². The van der Waals surface area contributed by atoms with Crippen LogP contribution >= 0.6 is 0 Å². The third-order valence-corrected chi connectivity index (χ3v) is 7.78. The quantitative estimate of drug-likeness (QED) is 0.156. The molecule has 0 radical (unpaired) electrons. The Hall–Kier alpha value is -1.16. The normalized spacial score (nSPS) is 16.4. The van der Waals surface area contributed by atoms with Crippen molar-refractivity contribution < 1.29 is 92.3 Å². The van der Waals surface area contributed by atoms with Gasteiger partial charge in [-0.1, -0.05) is 0 Å². The first-order chi connectivity index (χ1) is 15.9. The van der Waals surface area contributed by atoms with Crippen LogP contribution in [-0.2, 0) is 13.3 Å². The zero-order valence-corrected chi connectivity index (χ0v) is 19.4. The summed E-state index contributed by atoms with van der Waals surface area (Å²) in [5, 5.41) is 0. The van der Waals surface area contributed by atoms with Gasteiger partial charge in [0, 0.05) is 40.7 Å². The lowest BCUT2D eigenvalue weighted by molar-refractivity contribution is -0.461. The van der Waals surface area contributed by atoms with E-state index in [0.29, 0.717) is 21.3 Å². The predicted octanol–water partition coefficient (Wildman–Crippen LogP) is 6.99. The molecule has 0 saturated carbocycles. The van der Waals surface area contributed by atoms with Gasteiger partial charge in [0.1, 0.15) is 0 Å². The lowest BCUT2D eigenvalue weighted by Gasteiger charge is -2.44. The highest BCUT2D eigenvalue weighted by atomic mass is 28.4. The minimum atomic E-state index is -8.77. The summed E-state index contributed by atoms with van der Waals surface area (Å²) in [5.74, 6) is -71.3. The minimum Gasteiger partial charge on any atom is -0.377 e. The van der Waals surface area contributed by atoms with Crippen LogP contribution in [0.15, 0.2) is 0 Å². The smallest absolute Gasteiger partial charge is 0.377 e. The van der Waals surface area contributed by atoms with E-state index in [1.165, 1.54) is 0 Å². The molecule has 0 aromatic rings. The van der Waals surface area contributed by atoms with Crippen molar-refractivity contribution in [1.29, 1.82) is 0 Å². The van der Waals surface area contributed by atoms with E-state index >= 15 is 0 Å². The van der Waals surface area contributed by atoms with Gasteiger partial charge in [-0.25, -0.2) is 0 Å². The highest BCUT2D eigenvalue weighted by Crippen LogP contribution is 2.65. The first-order valence-corrected chi connectivity index (χ1v) is 10.9. The van der Waals surface area contributed by atoms with E-state index in [1.807, 2.05) is 0 Å². The van der Waals surface area contributed by atoms with Gasteiger partial charge in [-0.2, -0.15) is 79.0 Å². The predicted molar refractivity (Wildman–Crippen MR) is 86.4 cm³/mol. The van der Waals surface area contributed by atoms with Crippen molar-refractivity contribution in [2.45, 2.75) is 72.7 Å². The lowest BCUT2D eigenvalue weighted by Crippen LogP contribution is -2.75. The highest BCUT2D eigenvalue weighted by molar-refractivity contribution is 6.60. The Balaban J connectivity index is 6.75. The van der Waals surface area contributed by atoms with Gasteiger partial charge < -0.3 is 13.3 Å². The minimum absolute atomic E-state index is 0.649. The Morgan fingerprint density at radius 1 is 0.432 bits per heavy atom. The molecule has 0 rings (SSSR count). The van der Waals surface area contributed by atoms with E-state index < -0.39 is 81.5 Å². The molecule has 0 heterocycles. The fourth-order valence-electron chi connectivity index (χ4n) is 2.51. The topological polar surface area (TPSA) is 27.7 Å². The molecule has 3 nitrogen and oxygen atoms in total. The van der Waals surface area contributed by atoms with Gasteiger partial charge in [0.15, 0.2) is 0 Å². The summed E-state index contributed by atoms with van der Waals surface area (Å²) >= 11 is 0. The van der Waals surface area contributed by atoms with E-state index in [9.17, 15) is 79.0 Å². The van der Waals surface area contributed by atoms with Gasteiger partial charge in [-0.3, -0.25) is 0 Å². The molecule has 0 unspecified atom stereocenters. The van der Waals surface area contributed by atoms with Crippen LogP contribution < -0.4 is 0 Å². The van der Waals surface area contributed by atoms with Crippen molar-refractivity contribution in [2.75, 3.05) is 21.3 Å². The van der Waals surface area contributed by atoms with E-state index in [1.54, 1.807) is 0 Å². The van der Waals surface area contributed by atoms with Crippen molar-refractivity contribution in [3.05, 3.63) is 0 Å². The molecule has 0 fully saturated rings. The van der Waals surface area contributed by atoms with Gasteiger partial charge in [-0.05, 0) is 0 Å². The van der Waals surface area contributed by atoms with Gasteiger partial charge in [0.25, 0.3) is 0 Å². The maximum Gasteiger partial charge on any atom is 0.500 e. The summed E-state index contributed by atoms with van der Waals surface area (Å²) in [6.45, 7) is -1.29. The molecule has 0 aromatic carbocycles. The fraction of sp³-hybridized carbons (Fsp3) is 1.00. The maximum atomic E-state index is 13.9. The van der Waals surface area contributed by atoms with Gasteiger partial charge in [0.05, 0.1) is 0 Å². The van der Waals surface area contributed by atoms with Crippen molar-refractivity contribution in [2.24, 2.45) is 0 Å². The molecule has 0 spiro atoms. The van der Waals surface area contributed by atoms with Crippen LogP contribution in [0.3, 0.4) is 0 Å². The molecular weight excluding hydrogens is 598 g/mol. The Morgan fingerprint density at radius 2 is 0.676 bits per heavy atom. The maximum absolute atomic E-state index is 13.9. The fourth-order valence-corrected chi connectivity index (χ4v) is 4.25. The molecule has 0 aliphatic heterocycles. The molecule has 0 saturated heterocycles. The Labute approximate surface area is 196 Å². The van der Waals surface area contributed by atoms with Crippen LogP contribution in [0.5, 0.6) is 0 Å². The van der Waals surface area contributed by atoms with Gasteiger partial charge >= 0.3 is 62.1 Å². The number of rotatable bonds is 14. The summed E-state index contributed by atoms with van der Waals surface area (Å²) in [6.07, 6.45) is -2.72. The van der Waals surface area contributed by atoms with Crippen LogP contribution in [0.1, 0.15) is 13.3 Å². The molecule has 0 bridgehead atoms. The number of alkyl halides is 18. The Morgan fingerprint density at radius 3 is 0.919 bits per heavy atom. The first kappa shape index (κ1) is 35.8. The highest BCUT2D eigenvalue weighted by Gasteiger charge is 2.96. The van der Waals surface area contributed by atoms with E-state index in [4.69, 9.17) is 0 Å². The Bertz CT molecular complexity index is 781. The molecule has 22 heteroatoms. The molecule has 0 aliphatic carbocycles. The first-order valence-electron chi connectivity index (χ1n) is 8.95. The second-order valence-corrected chi connectivity index (χ2v) is 10.5. The molecule has 224 valence electrons. The second kappa shape index (κ2) is 9.79. The number of halogens is 18. The van der Waals surface area contributed by atoms with Crippen molar-refractivity contribution in [3.8, 4) is 0 Å². The van der Waals surface area contributed by atoms with Crippen molar-refractivity contribution in [3.63, 3.8) is 0 Å². The molecule has 0 amide bonds. The van der Waals surface area contributed by atoms with Crippen molar-refractivity contribution in [1.82, 2.24) is 0 Å². The van der Waals surface area contributed by atoms with Gasteiger partial charge in [-0.15, -0.1) is 0 Å². The summed E-state index contributed by atoms with van der Waals surface area (Å²) in [7, 11) is -2.46. The second-order valence-electron chi connectivity index (χ2n) is 7.41. The molecule has 0 atom stereocenters. The average Bonchev–Trinajstić information content (AvgIpc) is 2.73. The van der Waals surface area contributed by atoms with Crippen LogP contribution in [0.4, 0.5) is 79.0 Å². The van der Waals surface area contributed by atoms with E-state index in [-0.39, 0.29) is 0 Å². The van der Waals surface area contributed by atoms with E-state index in [2.05, 4.69) is 13.3 Å². The zero-order valence-electron chi connectivity index (χ0n) is 18.4. The lowest BCUT2D eigenvalue weighted by atomic mass is 9.86. The van der Waals surface area contributed by atoms with Crippen LogP contribution in [0.2, 0.25) is 6.04 Å². The molecule has 0 aliphatic rings. The summed E-state index contributed by atoms with van der Waals surface area (Å²) in [6, 6.07) is -1.64. The van der Waals surface area contributed by atoms with Crippen molar-refractivity contribution >= 4 is 8.80 Å². The standard InChI is InChI=1S/C15H16F18O3Si/c1-7(16,17)9(20,21)11(24,25)13(28,29)15(32,33)14(30,31)12(26,27)10(22,23)8(18,19)5-6-37(34-2,35-3)36-4/h5-6H2,1-4H3. The summed E-state index contributed by atoms with van der Waals surface area (Å²) in [5.41, 5.74) is 0. The van der Waals surface area contributed by atoms with Crippen LogP contribution in [0.25, 0.3) is 0 Å². The average molecular weight is 614 g/mol. The van der Waals surface area contributed by atoms with Crippen LogP contribution in [-0.4, -0.2) is 83.4 Å². The molecule has 0 N–H and O–H groups in total. The molecular formula is C15H16F18O3Si. The molecule has 0 aromatic heterocycles. The zero-order chi connectivity index (χ0) is 30.5. The summed E-state index contributed by atoms with van der Waals surface area (Å²) in [4.78, 5) is 0. The third kappa shape index (κ3) is 4.98. The SMILES string of the molecule is CO[Si](CCC(F)(F)C(F)(F)C(F)(F)C(F)(F)C(F)(F)C(F)(F)C(F)(F)C(F)(F)C(C)(F)F)(OC)OC. The van der Waals surface area contributed by atoms with Gasteiger partial charge in [0.2, 0.25) is 0 Å². The Kier molecular flexibility index (Phi) is 9.48. The largest absolute Gasteiger partial charge is 0.500 e. The number of hydrogen-bond acceptors (Lipinski definition) is 3.